The van der Waals surface area contributed by atoms with E-state index in [1.165, 1.54) is 12.1 Å². The molecule has 3 heterocycles. The highest BCUT2D eigenvalue weighted by Gasteiger charge is 2.47. The molecule has 2 saturated heterocycles. The average Bonchev–Trinajstić information content (AvgIpc) is 3.28. The zero-order valence-corrected chi connectivity index (χ0v) is 18.8. The number of halogens is 2. The predicted octanol–water partition coefficient (Wildman–Crippen LogP) is 3.94. The molecular formula is C24H25F2N5O3. The fourth-order valence-electron chi connectivity index (χ4n) is 4.67. The second kappa shape index (κ2) is 8.34. The average molecular weight is 469 g/mol. The molecule has 2 fully saturated rings. The lowest BCUT2D eigenvalue weighted by Gasteiger charge is -2.53. The third kappa shape index (κ3) is 4.32. The van der Waals surface area contributed by atoms with E-state index in [1.807, 2.05) is 4.90 Å². The highest BCUT2D eigenvalue weighted by Crippen LogP contribution is 2.41. The summed E-state index contributed by atoms with van der Waals surface area (Å²) in [6.45, 7) is 3.34. The lowest BCUT2D eigenvalue weighted by atomic mass is 9.72. The Hall–Kier alpha value is -3.56. The number of H-pyrrole nitrogens is 1. The van der Waals surface area contributed by atoms with Crippen LogP contribution >= 0.6 is 0 Å². The van der Waals surface area contributed by atoms with Crippen LogP contribution in [0.1, 0.15) is 41.3 Å². The van der Waals surface area contributed by atoms with E-state index in [1.54, 1.807) is 35.2 Å². The molecule has 178 valence electrons. The van der Waals surface area contributed by atoms with Crippen LogP contribution in [0.2, 0.25) is 0 Å². The molecule has 1 N–H and O–H groups in total. The number of hydrogen-bond donors (Lipinski definition) is 1. The number of carbonyl (C=O) groups excluding carboxylic acids is 2. The van der Waals surface area contributed by atoms with E-state index in [9.17, 15) is 18.4 Å². The first-order chi connectivity index (χ1) is 16.2. The number of nitrogens with zero attached hydrogens (tertiary/aromatic N) is 4. The molecule has 0 radical (unpaired) electrons. The number of piperidine rings is 1. The number of aromatic nitrogens is 3. The summed E-state index contributed by atoms with van der Waals surface area (Å²) in [5.74, 6) is -2.92. The summed E-state index contributed by atoms with van der Waals surface area (Å²) in [6, 6.07) is 11.1. The molecule has 1 aromatic heterocycles. The van der Waals surface area contributed by atoms with E-state index in [0.717, 1.165) is 25.3 Å². The summed E-state index contributed by atoms with van der Waals surface area (Å²) >= 11 is 0. The molecule has 0 bridgehead atoms. The first kappa shape index (κ1) is 22.2. The van der Waals surface area contributed by atoms with Crippen LogP contribution in [0.25, 0.3) is 11.0 Å². The number of rotatable bonds is 4. The van der Waals surface area contributed by atoms with Gasteiger partial charge in [0, 0.05) is 49.6 Å². The third-order valence-electron chi connectivity index (χ3n) is 6.81. The minimum Gasteiger partial charge on any atom is -0.445 e. The minimum atomic E-state index is -2.90. The van der Waals surface area contributed by atoms with Crippen LogP contribution < -0.4 is 0 Å². The number of aromatic amines is 1. The van der Waals surface area contributed by atoms with Crippen LogP contribution in [0.15, 0.2) is 42.5 Å². The third-order valence-corrected chi connectivity index (χ3v) is 6.81. The van der Waals surface area contributed by atoms with E-state index in [-0.39, 0.29) is 23.5 Å². The van der Waals surface area contributed by atoms with Crippen molar-refractivity contribution < 1.29 is 23.1 Å². The minimum absolute atomic E-state index is 0.0239. The number of amides is 2. The van der Waals surface area contributed by atoms with Crippen LogP contribution in [0.5, 0.6) is 0 Å². The van der Waals surface area contributed by atoms with Gasteiger partial charge in [-0.05, 0) is 36.6 Å². The van der Waals surface area contributed by atoms with Gasteiger partial charge in [-0.3, -0.25) is 4.79 Å². The number of carbonyl (C=O) groups is 2. The molecule has 2 amide bonds. The van der Waals surface area contributed by atoms with Crippen molar-refractivity contribution in [3.63, 3.8) is 0 Å². The van der Waals surface area contributed by atoms with Gasteiger partial charge in [-0.15, -0.1) is 0 Å². The summed E-state index contributed by atoms with van der Waals surface area (Å²) in [5, 5.41) is 10.6. The smallest absolute Gasteiger partial charge is 0.410 e. The van der Waals surface area contributed by atoms with Gasteiger partial charge in [0.15, 0.2) is 0 Å². The first-order valence-corrected chi connectivity index (χ1v) is 11.2. The molecule has 0 atom stereocenters. The Kier molecular flexibility index (Phi) is 5.45. The molecule has 0 saturated carbocycles. The Labute approximate surface area is 194 Å². The van der Waals surface area contributed by atoms with Crippen molar-refractivity contribution in [1.29, 1.82) is 0 Å². The van der Waals surface area contributed by atoms with Gasteiger partial charge < -0.3 is 14.5 Å². The Morgan fingerprint density at radius 1 is 1.03 bits per heavy atom. The van der Waals surface area contributed by atoms with E-state index >= 15 is 0 Å². The molecule has 2 aromatic carbocycles. The van der Waals surface area contributed by atoms with Crippen molar-refractivity contribution in [2.24, 2.45) is 5.41 Å². The predicted molar refractivity (Wildman–Crippen MR) is 119 cm³/mol. The van der Waals surface area contributed by atoms with Gasteiger partial charge in [0.05, 0.1) is 0 Å². The number of likely N-dealkylation sites (tertiary alicyclic amines) is 2. The van der Waals surface area contributed by atoms with Gasteiger partial charge in [0.2, 0.25) is 0 Å². The number of hydrogen-bond acceptors (Lipinski definition) is 5. The van der Waals surface area contributed by atoms with Crippen molar-refractivity contribution in [2.45, 2.75) is 32.3 Å². The van der Waals surface area contributed by atoms with Crippen molar-refractivity contribution in [3.8, 4) is 0 Å². The molecule has 2 aliphatic heterocycles. The maximum Gasteiger partial charge on any atom is 0.410 e. The Balaban J connectivity index is 1.09. The van der Waals surface area contributed by atoms with Crippen molar-refractivity contribution in [2.75, 3.05) is 26.2 Å². The van der Waals surface area contributed by atoms with Crippen LogP contribution in [-0.4, -0.2) is 63.4 Å². The fraction of sp³-hybridized carbons (Fsp3) is 0.417. The lowest BCUT2D eigenvalue weighted by Crippen LogP contribution is -2.62. The normalized spacial score (nSPS) is 17.6. The fourth-order valence-corrected chi connectivity index (χ4v) is 4.67. The Morgan fingerprint density at radius 3 is 2.38 bits per heavy atom. The zero-order valence-electron chi connectivity index (χ0n) is 18.8. The summed E-state index contributed by atoms with van der Waals surface area (Å²) < 4.78 is 32.0. The summed E-state index contributed by atoms with van der Waals surface area (Å²) in [7, 11) is 0. The molecule has 10 heteroatoms. The Bertz CT molecular complexity index is 1210. The van der Waals surface area contributed by atoms with Crippen molar-refractivity contribution in [3.05, 3.63) is 59.2 Å². The molecule has 1 spiro atoms. The number of benzene rings is 2. The second-order valence-corrected chi connectivity index (χ2v) is 9.32. The summed E-state index contributed by atoms with van der Waals surface area (Å²) in [4.78, 5) is 28.8. The van der Waals surface area contributed by atoms with Crippen molar-refractivity contribution >= 4 is 23.0 Å². The molecule has 8 nitrogen and oxygen atoms in total. The van der Waals surface area contributed by atoms with Crippen LogP contribution in [0.4, 0.5) is 13.6 Å². The highest BCUT2D eigenvalue weighted by atomic mass is 19.3. The number of nitrogens with one attached hydrogen (secondary N) is 1. The molecule has 34 heavy (non-hydrogen) atoms. The molecule has 2 aliphatic rings. The largest absolute Gasteiger partial charge is 0.445 e. The van der Waals surface area contributed by atoms with E-state index < -0.39 is 12.0 Å². The topological polar surface area (TPSA) is 91.4 Å². The summed E-state index contributed by atoms with van der Waals surface area (Å²) in [5.41, 5.74) is 2.59. The number of fused-ring (bicyclic) bond motifs is 1. The van der Waals surface area contributed by atoms with Gasteiger partial charge >= 0.3 is 6.09 Å². The first-order valence-electron chi connectivity index (χ1n) is 11.2. The molecule has 0 aliphatic carbocycles. The Morgan fingerprint density at radius 2 is 1.71 bits per heavy atom. The van der Waals surface area contributed by atoms with E-state index in [4.69, 9.17) is 4.74 Å². The summed E-state index contributed by atoms with van der Waals surface area (Å²) in [6.07, 6.45) is 1.19. The molecule has 5 rings (SSSR count). The number of alkyl halides is 2. The van der Waals surface area contributed by atoms with Crippen LogP contribution in [-0.2, 0) is 17.3 Å². The van der Waals surface area contributed by atoms with Gasteiger partial charge in [-0.2, -0.15) is 15.4 Å². The second-order valence-electron chi connectivity index (χ2n) is 9.32. The molecule has 0 unspecified atom stereocenters. The SMILES string of the molecule is CC(F)(F)c1ccc(COC(=O)N2CCC3(CC2)CN(C(=O)c2ccc4n[nH]nc4c2)C3)cc1. The van der Waals surface area contributed by atoms with E-state index in [0.29, 0.717) is 42.8 Å². The maximum atomic E-state index is 13.3. The maximum absolute atomic E-state index is 13.3. The van der Waals surface area contributed by atoms with E-state index in [2.05, 4.69) is 15.4 Å². The van der Waals surface area contributed by atoms with Gasteiger partial charge in [-0.1, -0.05) is 24.3 Å². The molecular weight excluding hydrogens is 444 g/mol. The van der Waals surface area contributed by atoms with Gasteiger partial charge in [-0.25, -0.2) is 13.6 Å². The van der Waals surface area contributed by atoms with Crippen LogP contribution in [0, 0.1) is 5.41 Å². The zero-order chi connectivity index (χ0) is 23.9. The number of ether oxygens (including phenoxy) is 1. The van der Waals surface area contributed by atoms with Crippen LogP contribution in [0.3, 0.4) is 0 Å². The van der Waals surface area contributed by atoms with Gasteiger partial charge in [0.25, 0.3) is 11.8 Å². The van der Waals surface area contributed by atoms with Gasteiger partial charge in [0.1, 0.15) is 17.6 Å². The standard InChI is InChI=1S/C24H25F2N5O3/c1-23(25,26)18-5-2-16(3-6-18)13-34-22(33)30-10-8-24(9-11-30)14-31(15-24)21(32)17-4-7-19-20(12-17)28-29-27-19/h2-7,12H,8-11,13-15H2,1H3,(H,27,28,29). The molecule has 3 aromatic rings. The van der Waals surface area contributed by atoms with Crippen molar-refractivity contribution in [1.82, 2.24) is 25.2 Å². The highest BCUT2D eigenvalue weighted by molar-refractivity contribution is 5.97. The monoisotopic (exact) mass is 469 g/mol. The quantitative estimate of drug-likeness (QED) is 0.625. The lowest BCUT2D eigenvalue weighted by molar-refractivity contribution is -0.0319.